The molecule has 0 atom stereocenters. The number of hydroxylamine groups is 1. The predicted octanol–water partition coefficient (Wildman–Crippen LogP) is 2.12. The van der Waals surface area contributed by atoms with Gasteiger partial charge in [-0.2, -0.15) is 0 Å². The van der Waals surface area contributed by atoms with Crippen LogP contribution in [0, 0.1) is 0 Å². The van der Waals surface area contributed by atoms with Crippen molar-refractivity contribution < 1.29 is 18.0 Å². The molecule has 0 aromatic carbocycles. The Labute approximate surface area is 165 Å². The summed E-state index contributed by atoms with van der Waals surface area (Å²) in [5, 5.41) is 0. The van der Waals surface area contributed by atoms with Crippen LogP contribution in [-0.2, 0) is 19.6 Å². The number of rotatable bonds is 13. The normalized spacial score (nSPS) is 20.4. The molecule has 0 aromatic heterocycles. The Balaban J connectivity index is 1.81. The van der Waals surface area contributed by atoms with Gasteiger partial charge in [-0.25, -0.2) is 8.42 Å². The van der Waals surface area contributed by atoms with Crippen molar-refractivity contribution in [3.63, 3.8) is 0 Å². The summed E-state index contributed by atoms with van der Waals surface area (Å²) in [6.07, 6.45) is 9.97. The van der Waals surface area contributed by atoms with Gasteiger partial charge in [0, 0.05) is 19.6 Å². The lowest BCUT2D eigenvalue weighted by atomic mass is 9.96. The van der Waals surface area contributed by atoms with E-state index in [1.54, 1.807) is 0 Å². The second-order valence-corrected chi connectivity index (χ2v) is 9.64. The molecule has 1 saturated carbocycles. The van der Waals surface area contributed by atoms with Crippen molar-refractivity contribution in [1.29, 1.82) is 0 Å². The van der Waals surface area contributed by atoms with E-state index in [-0.39, 0.29) is 11.8 Å². The van der Waals surface area contributed by atoms with Gasteiger partial charge in [0.1, 0.15) is 0 Å². The summed E-state index contributed by atoms with van der Waals surface area (Å²) in [4.78, 5) is 8.16. The third-order valence-corrected chi connectivity index (χ3v) is 7.24. The first-order valence-electron chi connectivity index (χ1n) is 10.8. The molecule has 1 saturated heterocycles. The Kier molecular flexibility index (Phi) is 11.1. The van der Waals surface area contributed by atoms with Gasteiger partial charge in [0.25, 0.3) is 0 Å². The Morgan fingerprint density at radius 2 is 1.67 bits per heavy atom. The maximum absolute atomic E-state index is 12.9. The first-order valence-corrected chi connectivity index (χ1v) is 12.4. The van der Waals surface area contributed by atoms with Gasteiger partial charge in [-0.05, 0) is 32.2 Å². The molecule has 1 aliphatic heterocycles. The molecule has 0 bridgehead atoms. The number of morpholine rings is 1. The third kappa shape index (κ3) is 8.75. The second kappa shape index (κ2) is 13.1. The quantitative estimate of drug-likeness (QED) is 0.373. The highest BCUT2D eigenvalue weighted by Gasteiger charge is 2.32. The molecular weight excluding hydrogens is 366 g/mol. The molecule has 2 rings (SSSR count). The largest absolute Gasteiger partial charge is 0.379 e. The smallest absolute Gasteiger partial charge is 0.236 e. The lowest BCUT2D eigenvalue weighted by molar-refractivity contribution is -0.126. The maximum Gasteiger partial charge on any atom is 0.236 e. The standard InChI is InChI=1S/C19H39N3O4S/c20-11-7-2-1-3-8-18-27(23,24)22(19-9-5-4-6-10-19)26-17-14-21-12-15-25-16-13-21/h19H,1-18,20H2. The van der Waals surface area contributed by atoms with Gasteiger partial charge in [-0.3, -0.25) is 9.74 Å². The van der Waals surface area contributed by atoms with Crippen LogP contribution in [0.15, 0.2) is 0 Å². The molecule has 0 amide bonds. The molecule has 7 nitrogen and oxygen atoms in total. The topological polar surface area (TPSA) is 85.1 Å². The fourth-order valence-corrected chi connectivity index (χ4v) is 5.49. The van der Waals surface area contributed by atoms with Crippen LogP contribution >= 0.6 is 0 Å². The first-order chi connectivity index (χ1) is 13.1. The second-order valence-electron chi connectivity index (χ2n) is 7.71. The van der Waals surface area contributed by atoms with Crippen LogP contribution < -0.4 is 5.73 Å². The SMILES string of the molecule is NCCCCCCCS(=O)(=O)N(OCCN1CCOCC1)C1CCCCC1. The van der Waals surface area contributed by atoms with E-state index in [0.29, 0.717) is 19.6 Å². The van der Waals surface area contributed by atoms with Crippen molar-refractivity contribution >= 4 is 10.0 Å². The van der Waals surface area contributed by atoms with E-state index in [1.807, 2.05) is 0 Å². The van der Waals surface area contributed by atoms with Crippen molar-refractivity contribution in [2.75, 3.05) is 51.8 Å². The molecular formula is C19H39N3O4S. The highest BCUT2D eigenvalue weighted by Crippen LogP contribution is 2.26. The van der Waals surface area contributed by atoms with Crippen molar-refractivity contribution in [2.24, 2.45) is 5.73 Å². The molecule has 2 N–H and O–H groups in total. The van der Waals surface area contributed by atoms with Gasteiger partial charge in [0.05, 0.1) is 31.6 Å². The predicted molar refractivity (Wildman–Crippen MR) is 108 cm³/mol. The summed E-state index contributed by atoms with van der Waals surface area (Å²) in [5.41, 5.74) is 5.51. The summed E-state index contributed by atoms with van der Waals surface area (Å²) in [6, 6.07) is 0.00526. The van der Waals surface area contributed by atoms with E-state index < -0.39 is 10.0 Å². The fraction of sp³-hybridized carbons (Fsp3) is 1.00. The van der Waals surface area contributed by atoms with E-state index in [4.69, 9.17) is 15.3 Å². The van der Waals surface area contributed by atoms with Gasteiger partial charge in [-0.1, -0.05) is 43.0 Å². The fourth-order valence-electron chi connectivity index (χ4n) is 3.84. The molecule has 27 heavy (non-hydrogen) atoms. The van der Waals surface area contributed by atoms with Gasteiger partial charge < -0.3 is 10.5 Å². The number of unbranched alkanes of at least 4 members (excludes halogenated alkanes) is 4. The molecule has 160 valence electrons. The molecule has 0 unspecified atom stereocenters. The Hall–Kier alpha value is -0.250. The van der Waals surface area contributed by atoms with Crippen LogP contribution in [0.25, 0.3) is 0 Å². The Morgan fingerprint density at radius 1 is 1.00 bits per heavy atom. The van der Waals surface area contributed by atoms with Crippen LogP contribution in [-0.4, -0.2) is 75.6 Å². The minimum absolute atomic E-state index is 0.00526. The zero-order chi connectivity index (χ0) is 19.4. The van der Waals surface area contributed by atoms with Crippen molar-refractivity contribution in [2.45, 2.75) is 70.3 Å². The monoisotopic (exact) mass is 405 g/mol. The summed E-state index contributed by atoms with van der Waals surface area (Å²) >= 11 is 0. The van der Waals surface area contributed by atoms with Gasteiger partial charge in [0.2, 0.25) is 10.0 Å². The highest BCUT2D eigenvalue weighted by atomic mass is 32.2. The average Bonchev–Trinajstić information content (AvgIpc) is 2.69. The molecule has 0 spiro atoms. The molecule has 2 aliphatic rings. The summed E-state index contributed by atoms with van der Waals surface area (Å²) < 4.78 is 32.6. The summed E-state index contributed by atoms with van der Waals surface area (Å²) in [6.45, 7) is 5.16. The molecule has 1 heterocycles. The molecule has 1 aliphatic carbocycles. The van der Waals surface area contributed by atoms with Crippen molar-refractivity contribution in [3.05, 3.63) is 0 Å². The summed E-state index contributed by atoms with van der Waals surface area (Å²) in [7, 11) is -3.37. The van der Waals surface area contributed by atoms with E-state index in [1.165, 1.54) is 10.9 Å². The van der Waals surface area contributed by atoms with Gasteiger partial charge in [0.15, 0.2) is 0 Å². The zero-order valence-corrected chi connectivity index (χ0v) is 17.6. The van der Waals surface area contributed by atoms with Crippen LogP contribution in [0.1, 0.15) is 64.2 Å². The number of sulfonamides is 1. The number of hydrogen-bond acceptors (Lipinski definition) is 6. The number of nitrogens with two attached hydrogens (primary N) is 1. The summed E-state index contributed by atoms with van der Waals surface area (Å²) in [5.74, 6) is 0.184. The minimum atomic E-state index is -3.37. The van der Waals surface area contributed by atoms with Crippen LogP contribution in [0.2, 0.25) is 0 Å². The third-order valence-electron chi connectivity index (χ3n) is 5.48. The number of ether oxygens (including phenoxy) is 1. The number of hydrogen-bond donors (Lipinski definition) is 1. The van der Waals surface area contributed by atoms with Crippen molar-refractivity contribution in [3.8, 4) is 0 Å². The average molecular weight is 406 g/mol. The van der Waals surface area contributed by atoms with E-state index in [0.717, 1.165) is 84.2 Å². The van der Waals surface area contributed by atoms with Crippen LogP contribution in [0.3, 0.4) is 0 Å². The van der Waals surface area contributed by atoms with E-state index in [2.05, 4.69) is 4.90 Å². The molecule has 0 radical (unpaired) electrons. The van der Waals surface area contributed by atoms with Gasteiger partial charge >= 0.3 is 0 Å². The minimum Gasteiger partial charge on any atom is -0.379 e. The van der Waals surface area contributed by atoms with E-state index >= 15 is 0 Å². The van der Waals surface area contributed by atoms with E-state index in [9.17, 15) is 8.42 Å². The lowest BCUT2D eigenvalue weighted by Crippen LogP contribution is -2.45. The van der Waals surface area contributed by atoms with Gasteiger partial charge in [-0.15, -0.1) is 0 Å². The van der Waals surface area contributed by atoms with Crippen molar-refractivity contribution in [1.82, 2.24) is 9.37 Å². The van der Waals surface area contributed by atoms with Crippen LogP contribution in [0.4, 0.5) is 0 Å². The molecule has 0 aromatic rings. The van der Waals surface area contributed by atoms with Crippen LogP contribution in [0.5, 0.6) is 0 Å². The maximum atomic E-state index is 12.9. The highest BCUT2D eigenvalue weighted by molar-refractivity contribution is 7.88. The Morgan fingerprint density at radius 3 is 2.37 bits per heavy atom. The first kappa shape index (κ1) is 23.0. The Bertz CT molecular complexity index is 477. The zero-order valence-electron chi connectivity index (χ0n) is 16.8. The lowest BCUT2D eigenvalue weighted by Gasteiger charge is -2.33. The molecule has 8 heteroatoms. The molecule has 2 fully saturated rings. The number of nitrogens with zero attached hydrogens (tertiary/aromatic N) is 2.